The maximum absolute atomic E-state index is 11.3. The van der Waals surface area contributed by atoms with E-state index >= 15 is 0 Å². The third-order valence-electron chi connectivity index (χ3n) is 4.69. The number of sulfone groups is 1. The Kier molecular flexibility index (Phi) is 5.03. The molecule has 0 unspecified atom stereocenters. The second-order valence-corrected chi connectivity index (χ2v) is 9.22. The first-order chi connectivity index (χ1) is 10.9. The van der Waals surface area contributed by atoms with Crippen molar-refractivity contribution in [3.8, 4) is 0 Å². The Morgan fingerprint density at radius 3 is 2.83 bits per heavy atom. The maximum atomic E-state index is 11.3. The number of hydrogen-bond acceptors (Lipinski definition) is 7. The van der Waals surface area contributed by atoms with Gasteiger partial charge in [0.1, 0.15) is 9.84 Å². The summed E-state index contributed by atoms with van der Waals surface area (Å²) in [6, 6.07) is 0.389. The minimum Gasteiger partial charge on any atom is -0.339 e. The first-order valence-corrected chi connectivity index (χ1v) is 10.4. The molecule has 23 heavy (non-hydrogen) atoms. The van der Waals surface area contributed by atoms with Crippen molar-refractivity contribution in [3.05, 3.63) is 11.7 Å². The van der Waals surface area contributed by atoms with Gasteiger partial charge in [0.05, 0.1) is 12.3 Å². The molecule has 0 aromatic carbocycles. The lowest BCUT2D eigenvalue weighted by atomic mass is 10.0. The highest BCUT2D eigenvalue weighted by atomic mass is 32.2. The Bertz CT molecular complexity index is 626. The normalized spacial score (nSPS) is 23.5. The van der Waals surface area contributed by atoms with Crippen molar-refractivity contribution >= 4 is 9.84 Å². The molecular formula is C15H26N4O3S. The van der Waals surface area contributed by atoms with Crippen LogP contribution in [0.4, 0.5) is 0 Å². The van der Waals surface area contributed by atoms with Crippen molar-refractivity contribution in [3.63, 3.8) is 0 Å². The Hall–Kier alpha value is -0.990. The van der Waals surface area contributed by atoms with Gasteiger partial charge in [-0.15, -0.1) is 0 Å². The van der Waals surface area contributed by atoms with Gasteiger partial charge in [0.25, 0.3) is 0 Å². The number of piperidine rings is 1. The molecule has 1 aromatic rings. The standard InChI is InChI=1S/C15H26N4O3S/c1-18(8-9-23(2,20)21)13-4-3-7-19(10-13)11-14-16-15(22-17-14)12-5-6-12/h12-13H,3-11H2,1-2H3/t13-/m1/s1. The largest absolute Gasteiger partial charge is 0.339 e. The van der Waals surface area contributed by atoms with Gasteiger partial charge in [-0.3, -0.25) is 4.90 Å². The topological polar surface area (TPSA) is 79.5 Å². The van der Waals surface area contributed by atoms with E-state index in [9.17, 15) is 8.42 Å². The molecule has 0 spiro atoms. The molecule has 0 amide bonds. The third-order valence-corrected chi connectivity index (χ3v) is 5.62. The highest BCUT2D eigenvalue weighted by Gasteiger charge is 2.30. The number of hydrogen-bond donors (Lipinski definition) is 0. The lowest BCUT2D eigenvalue weighted by molar-refractivity contribution is 0.113. The summed E-state index contributed by atoms with van der Waals surface area (Å²) in [5, 5.41) is 4.09. The van der Waals surface area contributed by atoms with Crippen LogP contribution < -0.4 is 0 Å². The monoisotopic (exact) mass is 342 g/mol. The number of nitrogens with zero attached hydrogens (tertiary/aromatic N) is 4. The van der Waals surface area contributed by atoms with E-state index in [0.29, 0.717) is 25.0 Å². The maximum Gasteiger partial charge on any atom is 0.229 e. The zero-order chi connectivity index (χ0) is 16.4. The van der Waals surface area contributed by atoms with Gasteiger partial charge >= 0.3 is 0 Å². The number of likely N-dealkylation sites (N-methyl/N-ethyl adjacent to an activating group) is 1. The second kappa shape index (κ2) is 6.86. The van der Waals surface area contributed by atoms with Crippen LogP contribution in [-0.4, -0.2) is 73.1 Å². The molecule has 1 aliphatic carbocycles. The number of likely N-dealkylation sites (tertiary alicyclic amines) is 1. The first kappa shape index (κ1) is 16.9. The zero-order valence-corrected chi connectivity index (χ0v) is 14.8. The lowest BCUT2D eigenvalue weighted by Gasteiger charge is -2.37. The highest BCUT2D eigenvalue weighted by molar-refractivity contribution is 7.90. The molecule has 2 heterocycles. The smallest absolute Gasteiger partial charge is 0.229 e. The fourth-order valence-corrected chi connectivity index (χ4v) is 3.67. The lowest BCUT2D eigenvalue weighted by Crippen LogP contribution is -2.47. The average Bonchev–Trinajstić information content (AvgIpc) is 3.25. The van der Waals surface area contributed by atoms with Crippen LogP contribution in [0.15, 0.2) is 4.52 Å². The van der Waals surface area contributed by atoms with Crippen molar-refractivity contribution in [1.82, 2.24) is 19.9 Å². The summed E-state index contributed by atoms with van der Waals surface area (Å²) < 4.78 is 28.0. The van der Waals surface area contributed by atoms with E-state index in [0.717, 1.165) is 37.6 Å². The van der Waals surface area contributed by atoms with Crippen LogP contribution in [0, 0.1) is 0 Å². The Morgan fingerprint density at radius 2 is 2.13 bits per heavy atom. The molecule has 1 atom stereocenters. The van der Waals surface area contributed by atoms with Gasteiger partial charge in [-0.05, 0) is 39.3 Å². The van der Waals surface area contributed by atoms with E-state index in [4.69, 9.17) is 4.52 Å². The molecule has 0 N–H and O–H groups in total. The Balaban J connectivity index is 1.50. The van der Waals surface area contributed by atoms with E-state index in [-0.39, 0.29) is 5.75 Å². The zero-order valence-electron chi connectivity index (χ0n) is 13.9. The summed E-state index contributed by atoms with van der Waals surface area (Å²) in [5.41, 5.74) is 0. The van der Waals surface area contributed by atoms with Crippen LogP contribution in [0.5, 0.6) is 0 Å². The molecule has 130 valence electrons. The van der Waals surface area contributed by atoms with Crippen LogP contribution in [0.3, 0.4) is 0 Å². The van der Waals surface area contributed by atoms with Gasteiger partial charge in [-0.1, -0.05) is 5.16 Å². The summed E-state index contributed by atoms with van der Waals surface area (Å²) in [7, 11) is -0.894. The second-order valence-electron chi connectivity index (χ2n) is 6.96. The van der Waals surface area contributed by atoms with Gasteiger partial charge in [-0.25, -0.2) is 8.42 Å². The molecule has 0 bridgehead atoms. The van der Waals surface area contributed by atoms with Crippen LogP contribution in [0.1, 0.15) is 43.3 Å². The van der Waals surface area contributed by atoms with E-state index in [1.807, 2.05) is 7.05 Å². The van der Waals surface area contributed by atoms with Crippen LogP contribution in [0.2, 0.25) is 0 Å². The summed E-state index contributed by atoms with van der Waals surface area (Å²) >= 11 is 0. The molecule has 8 heteroatoms. The predicted octanol–water partition coefficient (Wildman–Crippen LogP) is 0.888. The van der Waals surface area contributed by atoms with Crippen LogP contribution in [-0.2, 0) is 16.4 Å². The number of rotatable bonds is 7. The van der Waals surface area contributed by atoms with Gasteiger partial charge < -0.3 is 9.42 Å². The van der Waals surface area contributed by atoms with Crippen molar-refractivity contribution in [2.75, 3.05) is 38.7 Å². The molecule has 1 saturated carbocycles. The predicted molar refractivity (Wildman–Crippen MR) is 86.9 cm³/mol. The molecule has 0 radical (unpaired) electrons. The Morgan fingerprint density at radius 1 is 1.35 bits per heavy atom. The van der Waals surface area contributed by atoms with Gasteiger partial charge in [-0.2, -0.15) is 4.98 Å². The first-order valence-electron chi connectivity index (χ1n) is 8.33. The summed E-state index contributed by atoms with van der Waals surface area (Å²) in [6.07, 6.45) is 5.84. The van der Waals surface area contributed by atoms with E-state index in [2.05, 4.69) is 19.9 Å². The Labute approximate surface area is 137 Å². The fourth-order valence-electron chi connectivity index (χ4n) is 3.05. The van der Waals surface area contributed by atoms with Crippen LogP contribution >= 0.6 is 0 Å². The van der Waals surface area contributed by atoms with E-state index in [1.54, 1.807) is 0 Å². The van der Waals surface area contributed by atoms with Gasteiger partial charge in [0.15, 0.2) is 5.82 Å². The molecule has 2 aliphatic rings. The van der Waals surface area contributed by atoms with Crippen molar-refractivity contribution in [1.29, 1.82) is 0 Å². The molecule has 1 aromatic heterocycles. The summed E-state index contributed by atoms with van der Waals surface area (Å²) in [4.78, 5) is 9.00. The van der Waals surface area contributed by atoms with E-state index in [1.165, 1.54) is 19.1 Å². The minimum absolute atomic E-state index is 0.218. The number of aromatic nitrogens is 2. The van der Waals surface area contributed by atoms with Gasteiger partial charge in [0.2, 0.25) is 5.89 Å². The molecular weight excluding hydrogens is 316 g/mol. The van der Waals surface area contributed by atoms with Crippen molar-refractivity contribution in [2.24, 2.45) is 0 Å². The minimum atomic E-state index is -2.91. The molecule has 2 fully saturated rings. The molecule has 7 nitrogen and oxygen atoms in total. The molecule has 1 aliphatic heterocycles. The quantitative estimate of drug-likeness (QED) is 0.728. The van der Waals surface area contributed by atoms with E-state index < -0.39 is 9.84 Å². The van der Waals surface area contributed by atoms with Crippen molar-refractivity contribution < 1.29 is 12.9 Å². The highest BCUT2D eigenvalue weighted by Crippen LogP contribution is 2.38. The summed E-state index contributed by atoms with van der Waals surface area (Å²) in [6.45, 7) is 3.26. The molecule has 1 saturated heterocycles. The summed E-state index contributed by atoms with van der Waals surface area (Å²) in [5.74, 6) is 2.27. The van der Waals surface area contributed by atoms with Crippen molar-refractivity contribution in [2.45, 2.75) is 44.2 Å². The third kappa shape index (κ3) is 4.99. The fraction of sp³-hybridized carbons (Fsp3) is 0.867. The van der Waals surface area contributed by atoms with Crippen LogP contribution in [0.25, 0.3) is 0 Å². The van der Waals surface area contributed by atoms with Gasteiger partial charge in [0, 0.05) is 31.3 Å². The average molecular weight is 342 g/mol. The SMILES string of the molecule is CN(CCS(C)(=O)=O)[C@@H]1CCCN(Cc2noc(C3CC3)n2)C1. The molecule has 3 rings (SSSR count).